The van der Waals surface area contributed by atoms with Gasteiger partial charge in [-0.05, 0) is 25.5 Å². The van der Waals surface area contributed by atoms with Crippen molar-refractivity contribution < 1.29 is 9.90 Å². The van der Waals surface area contributed by atoms with Crippen LogP contribution in [0.5, 0.6) is 0 Å². The van der Waals surface area contributed by atoms with Crippen molar-refractivity contribution in [1.29, 1.82) is 0 Å². The first-order valence-electron chi connectivity index (χ1n) is 4.98. The van der Waals surface area contributed by atoms with E-state index in [0.717, 1.165) is 22.5 Å². The van der Waals surface area contributed by atoms with Gasteiger partial charge in [-0.25, -0.2) is 4.79 Å². The highest BCUT2D eigenvalue weighted by molar-refractivity contribution is 7.17. The van der Waals surface area contributed by atoms with Crippen LogP contribution in [0.15, 0.2) is 18.5 Å². The second kappa shape index (κ2) is 4.09. The maximum Gasteiger partial charge on any atom is 0.345 e. The normalized spacial score (nSPS) is 10.6. The summed E-state index contributed by atoms with van der Waals surface area (Å²) >= 11 is 1.29. The molecule has 0 aliphatic carbocycles. The zero-order valence-corrected chi connectivity index (χ0v) is 9.91. The average Bonchev–Trinajstić information content (AvgIpc) is 2.83. The number of aryl methyl sites for hydroxylation is 2. The summed E-state index contributed by atoms with van der Waals surface area (Å²) in [6.45, 7) is 4.75. The highest BCUT2D eigenvalue weighted by atomic mass is 32.1. The number of hydrogen-bond acceptors (Lipinski definition) is 3. The molecule has 0 aliphatic rings. The lowest BCUT2D eigenvalue weighted by molar-refractivity contribution is 0.0702. The molecule has 0 atom stereocenters. The Bertz CT molecular complexity index is 528. The number of carbonyl (C=O) groups is 1. The largest absolute Gasteiger partial charge is 0.477 e. The van der Waals surface area contributed by atoms with Crippen molar-refractivity contribution in [2.75, 3.05) is 0 Å². The second-order valence-corrected chi connectivity index (χ2v) is 4.56. The van der Waals surface area contributed by atoms with Crippen LogP contribution in [0.25, 0.3) is 10.4 Å². The minimum atomic E-state index is -0.873. The molecule has 0 radical (unpaired) electrons. The third-order valence-electron chi connectivity index (χ3n) is 2.35. The Kier molecular flexibility index (Phi) is 2.78. The van der Waals surface area contributed by atoms with Crippen molar-refractivity contribution in [3.05, 3.63) is 28.9 Å². The first-order chi connectivity index (χ1) is 7.61. The molecule has 2 rings (SSSR count). The second-order valence-electron chi connectivity index (χ2n) is 3.51. The van der Waals surface area contributed by atoms with E-state index >= 15 is 0 Å². The van der Waals surface area contributed by atoms with Crippen molar-refractivity contribution in [1.82, 2.24) is 9.78 Å². The summed E-state index contributed by atoms with van der Waals surface area (Å²) in [7, 11) is 0. The van der Waals surface area contributed by atoms with Gasteiger partial charge in [0.05, 0.1) is 6.20 Å². The average molecular weight is 236 g/mol. The van der Waals surface area contributed by atoms with Crippen LogP contribution >= 0.6 is 11.3 Å². The molecule has 0 aromatic carbocycles. The summed E-state index contributed by atoms with van der Waals surface area (Å²) in [4.78, 5) is 12.2. The van der Waals surface area contributed by atoms with Gasteiger partial charge < -0.3 is 5.11 Å². The number of carboxylic acids is 1. The topological polar surface area (TPSA) is 55.1 Å². The standard InChI is InChI=1S/C11H12N2O2S/c1-3-13-6-8(5-12-13)10-7(2)4-9(16-10)11(14)15/h4-6H,3H2,1-2H3,(H,14,15). The number of aromatic nitrogens is 2. The first kappa shape index (κ1) is 10.9. The molecule has 0 bridgehead atoms. The van der Waals surface area contributed by atoms with Crippen LogP contribution in [0.1, 0.15) is 22.2 Å². The zero-order valence-electron chi connectivity index (χ0n) is 9.10. The third-order valence-corrected chi connectivity index (χ3v) is 3.62. The molecule has 2 heterocycles. The van der Waals surface area contributed by atoms with Crippen LogP contribution in [0.4, 0.5) is 0 Å². The van der Waals surface area contributed by atoms with Crippen molar-refractivity contribution in [3.8, 4) is 10.4 Å². The molecule has 2 aromatic rings. The Morgan fingerprint density at radius 1 is 1.62 bits per heavy atom. The van der Waals surface area contributed by atoms with Gasteiger partial charge in [0.2, 0.25) is 0 Å². The molecule has 0 saturated carbocycles. The van der Waals surface area contributed by atoms with E-state index in [1.54, 1.807) is 12.3 Å². The summed E-state index contributed by atoms with van der Waals surface area (Å²) in [5.74, 6) is -0.873. The van der Waals surface area contributed by atoms with Crippen LogP contribution in [-0.4, -0.2) is 20.9 Å². The molecule has 0 fully saturated rings. The zero-order chi connectivity index (χ0) is 11.7. The Morgan fingerprint density at radius 2 is 2.38 bits per heavy atom. The van der Waals surface area contributed by atoms with Crippen LogP contribution in [0.2, 0.25) is 0 Å². The van der Waals surface area contributed by atoms with Crippen molar-refractivity contribution in [2.24, 2.45) is 0 Å². The Labute approximate surface area is 97.2 Å². The van der Waals surface area contributed by atoms with E-state index in [-0.39, 0.29) is 0 Å². The smallest absolute Gasteiger partial charge is 0.345 e. The van der Waals surface area contributed by atoms with Gasteiger partial charge in [-0.2, -0.15) is 5.10 Å². The Morgan fingerprint density at radius 3 is 2.88 bits per heavy atom. The van der Waals surface area contributed by atoms with Crippen molar-refractivity contribution in [2.45, 2.75) is 20.4 Å². The molecule has 2 aromatic heterocycles. The Hall–Kier alpha value is -1.62. The molecule has 4 nitrogen and oxygen atoms in total. The molecular weight excluding hydrogens is 224 g/mol. The van der Waals surface area contributed by atoms with Crippen molar-refractivity contribution >= 4 is 17.3 Å². The van der Waals surface area contributed by atoms with E-state index in [1.807, 2.05) is 24.7 Å². The lowest BCUT2D eigenvalue weighted by Crippen LogP contribution is -1.91. The molecule has 84 valence electrons. The van der Waals surface area contributed by atoms with Crippen LogP contribution in [0, 0.1) is 6.92 Å². The third kappa shape index (κ3) is 1.86. The number of thiophene rings is 1. The SMILES string of the molecule is CCn1cc(-c2sc(C(=O)O)cc2C)cn1. The minimum absolute atomic E-state index is 0.372. The summed E-state index contributed by atoms with van der Waals surface area (Å²) in [6, 6.07) is 1.70. The molecule has 0 saturated heterocycles. The fourth-order valence-corrected chi connectivity index (χ4v) is 2.51. The number of hydrogen-bond donors (Lipinski definition) is 1. The summed E-state index contributed by atoms with van der Waals surface area (Å²) in [6.07, 6.45) is 3.71. The quantitative estimate of drug-likeness (QED) is 0.891. The van der Waals surface area contributed by atoms with Gasteiger partial charge >= 0.3 is 5.97 Å². The molecule has 0 aliphatic heterocycles. The predicted molar refractivity (Wildman–Crippen MR) is 62.9 cm³/mol. The highest BCUT2D eigenvalue weighted by Gasteiger charge is 2.13. The lowest BCUT2D eigenvalue weighted by Gasteiger charge is -1.93. The van der Waals surface area contributed by atoms with Gasteiger partial charge in [0.1, 0.15) is 4.88 Å². The van der Waals surface area contributed by atoms with E-state index in [1.165, 1.54) is 11.3 Å². The van der Waals surface area contributed by atoms with Gasteiger partial charge in [0, 0.05) is 23.2 Å². The molecule has 0 spiro atoms. The van der Waals surface area contributed by atoms with Crippen LogP contribution < -0.4 is 0 Å². The van der Waals surface area contributed by atoms with Gasteiger partial charge in [-0.3, -0.25) is 4.68 Å². The maximum atomic E-state index is 10.8. The minimum Gasteiger partial charge on any atom is -0.477 e. The monoisotopic (exact) mass is 236 g/mol. The number of rotatable bonds is 3. The fraction of sp³-hybridized carbons (Fsp3) is 0.273. The number of aromatic carboxylic acids is 1. The lowest BCUT2D eigenvalue weighted by atomic mass is 10.2. The van der Waals surface area contributed by atoms with Crippen LogP contribution in [0.3, 0.4) is 0 Å². The summed E-state index contributed by atoms with van der Waals surface area (Å²) < 4.78 is 1.83. The summed E-state index contributed by atoms with van der Waals surface area (Å²) in [5.41, 5.74) is 1.97. The molecule has 1 N–H and O–H groups in total. The van der Waals surface area contributed by atoms with Gasteiger partial charge in [0.25, 0.3) is 0 Å². The predicted octanol–water partition coefficient (Wildman–Crippen LogP) is 2.64. The summed E-state index contributed by atoms with van der Waals surface area (Å²) in [5, 5.41) is 13.1. The number of nitrogens with zero attached hydrogens (tertiary/aromatic N) is 2. The van der Waals surface area contributed by atoms with E-state index in [2.05, 4.69) is 5.10 Å². The van der Waals surface area contributed by atoms with E-state index in [0.29, 0.717) is 4.88 Å². The van der Waals surface area contributed by atoms with Gasteiger partial charge in [-0.1, -0.05) is 0 Å². The van der Waals surface area contributed by atoms with Gasteiger partial charge in [0.15, 0.2) is 0 Å². The molecular formula is C11H12N2O2S. The molecule has 5 heteroatoms. The fourth-order valence-electron chi connectivity index (χ4n) is 1.53. The first-order valence-corrected chi connectivity index (χ1v) is 5.80. The van der Waals surface area contributed by atoms with Crippen molar-refractivity contribution in [3.63, 3.8) is 0 Å². The van der Waals surface area contributed by atoms with Gasteiger partial charge in [-0.15, -0.1) is 11.3 Å². The maximum absolute atomic E-state index is 10.8. The van der Waals surface area contributed by atoms with E-state index in [9.17, 15) is 4.79 Å². The van der Waals surface area contributed by atoms with E-state index < -0.39 is 5.97 Å². The van der Waals surface area contributed by atoms with Crippen LogP contribution in [-0.2, 0) is 6.54 Å². The molecule has 0 unspecified atom stereocenters. The van der Waals surface area contributed by atoms with E-state index in [4.69, 9.17) is 5.11 Å². The Balaban J connectivity index is 2.43. The molecule has 16 heavy (non-hydrogen) atoms. The molecule has 0 amide bonds. The highest BCUT2D eigenvalue weighted by Crippen LogP contribution is 2.31. The number of carboxylic acid groups (broad SMARTS) is 1.